The van der Waals surface area contributed by atoms with Crippen molar-refractivity contribution in [2.24, 2.45) is 5.92 Å². The lowest BCUT2D eigenvalue weighted by atomic mass is 9.79. The van der Waals surface area contributed by atoms with Gasteiger partial charge < -0.3 is 9.64 Å². The van der Waals surface area contributed by atoms with Gasteiger partial charge in [-0.25, -0.2) is 0 Å². The summed E-state index contributed by atoms with van der Waals surface area (Å²) in [4.78, 5) is 27.3. The molecule has 0 aromatic heterocycles. The van der Waals surface area contributed by atoms with Gasteiger partial charge >= 0.3 is 5.97 Å². The van der Waals surface area contributed by atoms with Crippen LogP contribution in [-0.2, 0) is 20.9 Å². The van der Waals surface area contributed by atoms with Crippen LogP contribution in [0.2, 0.25) is 0 Å². The summed E-state index contributed by atoms with van der Waals surface area (Å²) in [5.74, 6) is -1.44. The quantitative estimate of drug-likeness (QED) is 0.621. The third-order valence-electron chi connectivity index (χ3n) is 4.67. The maximum atomic E-state index is 13.1. The normalized spacial score (nSPS) is 20.4. The van der Waals surface area contributed by atoms with E-state index in [0.717, 1.165) is 17.5 Å². The molecule has 2 aromatic rings. The van der Waals surface area contributed by atoms with Crippen LogP contribution in [-0.4, -0.2) is 29.9 Å². The van der Waals surface area contributed by atoms with Crippen molar-refractivity contribution in [3.05, 3.63) is 71.8 Å². The molecule has 0 aliphatic carbocycles. The van der Waals surface area contributed by atoms with E-state index in [4.69, 9.17) is 4.74 Å². The van der Waals surface area contributed by atoms with Gasteiger partial charge in [-0.3, -0.25) is 9.59 Å². The molecule has 1 amide bonds. The van der Waals surface area contributed by atoms with Crippen LogP contribution in [0.3, 0.4) is 0 Å². The molecule has 1 fully saturated rings. The van der Waals surface area contributed by atoms with Crippen LogP contribution in [0.5, 0.6) is 0 Å². The maximum Gasteiger partial charge on any atom is 0.319 e. The zero-order valence-corrected chi connectivity index (χ0v) is 14.4. The zero-order valence-electron chi connectivity index (χ0n) is 14.4. The number of hydrogen-bond donors (Lipinski definition) is 0. The van der Waals surface area contributed by atoms with Crippen molar-refractivity contribution < 1.29 is 14.3 Å². The Kier molecular flexibility index (Phi) is 5.49. The van der Waals surface area contributed by atoms with E-state index >= 15 is 0 Å². The molecule has 1 aliphatic heterocycles. The summed E-state index contributed by atoms with van der Waals surface area (Å²) < 4.78 is 5.22. The number of carbonyl (C=O) groups excluding carboxylic acids is 2. The van der Waals surface area contributed by atoms with E-state index in [-0.39, 0.29) is 18.4 Å². The largest absolute Gasteiger partial charge is 0.465 e. The molecular formula is C21H23NO3. The van der Waals surface area contributed by atoms with Gasteiger partial charge in [-0.15, -0.1) is 0 Å². The molecule has 2 atom stereocenters. The molecule has 0 bridgehead atoms. The van der Waals surface area contributed by atoms with E-state index < -0.39 is 11.9 Å². The molecule has 1 aliphatic rings. The van der Waals surface area contributed by atoms with Gasteiger partial charge in [-0.2, -0.15) is 0 Å². The SMILES string of the molecule is CCOC(=O)[C@@H]1C(=O)N(Cc2ccccc2)CC[C@H]1c1ccccc1. The number of esters is 1. The molecule has 25 heavy (non-hydrogen) atoms. The number of nitrogens with zero attached hydrogens (tertiary/aromatic N) is 1. The number of piperidine rings is 1. The molecule has 0 N–H and O–H groups in total. The molecule has 0 saturated carbocycles. The monoisotopic (exact) mass is 337 g/mol. The summed E-state index contributed by atoms with van der Waals surface area (Å²) in [5.41, 5.74) is 2.09. The summed E-state index contributed by atoms with van der Waals surface area (Å²) in [6.45, 7) is 3.22. The predicted octanol–water partition coefficient (Wildman–Crippen LogP) is 3.38. The molecule has 1 heterocycles. The highest BCUT2D eigenvalue weighted by molar-refractivity contribution is 5.99. The Morgan fingerprint density at radius 2 is 1.72 bits per heavy atom. The highest BCUT2D eigenvalue weighted by Crippen LogP contribution is 2.35. The van der Waals surface area contributed by atoms with Crippen LogP contribution < -0.4 is 0 Å². The van der Waals surface area contributed by atoms with Crippen molar-refractivity contribution in [1.82, 2.24) is 4.90 Å². The second-order valence-corrected chi connectivity index (χ2v) is 6.28. The number of benzene rings is 2. The first-order chi connectivity index (χ1) is 12.2. The van der Waals surface area contributed by atoms with Crippen molar-refractivity contribution in [3.8, 4) is 0 Å². The van der Waals surface area contributed by atoms with Crippen LogP contribution in [0.4, 0.5) is 0 Å². The minimum Gasteiger partial charge on any atom is -0.465 e. The highest BCUT2D eigenvalue weighted by atomic mass is 16.5. The Labute approximate surface area is 148 Å². The number of amides is 1. The van der Waals surface area contributed by atoms with E-state index in [2.05, 4.69) is 0 Å². The number of carbonyl (C=O) groups is 2. The fourth-order valence-electron chi connectivity index (χ4n) is 3.46. The Balaban J connectivity index is 1.84. The Hall–Kier alpha value is -2.62. The summed E-state index contributed by atoms with van der Waals surface area (Å²) in [7, 11) is 0. The molecule has 4 nitrogen and oxygen atoms in total. The first kappa shape index (κ1) is 17.2. The first-order valence-electron chi connectivity index (χ1n) is 8.75. The van der Waals surface area contributed by atoms with Gasteiger partial charge in [0.2, 0.25) is 5.91 Å². The molecule has 0 spiro atoms. The van der Waals surface area contributed by atoms with Gasteiger partial charge in [-0.1, -0.05) is 60.7 Å². The molecule has 4 heteroatoms. The maximum absolute atomic E-state index is 13.1. The Morgan fingerprint density at radius 3 is 2.36 bits per heavy atom. The number of rotatable bonds is 5. The number of hydrogen-bond acceptors (Lipinski definition) is 3. The van der Waals surface area contributed by atoms with Gasteiger partial charge in [0.25, 0.3) is 0 Å². The van der Waals surface area contributed by atoms with Crippen LogP contribution in [0.25, 0.3) is 0 Å². The summed E-state index contributed by atoms with van der Waals surface area (Å²) in [6.07, 6.45) is 0.756. The standard InChI is InChI=1S/C21H23NO3/c1-2-25-21(24)19-18(17-11-7-4-8-12-17)13-14-22(20(19)23)15-16-9-5-3-6-10-16/h3-12,18-19H,2,13-15H2,1H3/t18-,19-/m0/s1. The van der Waals surface area contributed by atoms with Crippen LogP contribution >= 0.6 is 0 Å². The van der Waals surface area contributed by atoms with E-state index in [9.17, 15) is 9.59 Å². The second kappa shape index (κ2) is 7.97. The van der Waals surface area contributed by atoms with Crippen LogP contribution in [0.15, 0.2) is 60.7 Å². The van der Waals surface area contributed by atoms with Gasteiger partial charge in [-0.05, 0) is 24.5 Å². The highest BCUT2D eigenvalue weighted by Gasteiger charge is 2.42. The lowest BCUT2D eigenvalue weighted by Gasteiger charge is -2.37. The smallest absolute Gasteiger partial charge is 0.319 e. The number of likely N-dealkylation sites (tertiary alicyclic amines) is 1. The fraction of sp³-hybridized carbons (Fsp3) is 0.333. The fourth-order valence-corrected chi connectivity index (χ4v) is 3.46. The molecule has 130 valence electrons. The van der Waals surface area contributed by atoms with Gasteiger partial charge in [0.15, 0.2) is 0 Å². The molecule has 2 aromatic carbocycles. The topological polar surface area (TPSA) is 46.6 Å². The van der Waals surface area contributed by atoms with Crippen molar-refractivity contribution in [2.75, 3.05) is 13.2 Å². The van der Waals surface area contributed by atoms with Crippen molar-refractivity contribution >= 4 is 11.9 Å². The van der Waals surface area contributed by atoms with E-state index in [0.29, 0.717) is 13.1 Å². The summed E-state index contributed by atoms with van der Waals surface area (Å²) in [6, 6.07) is 19.7. The molecule has 0 radical (unpaired) electrons. The van der Waals surface area contributed by atoms with Crippen molar-refractivity contribution in [2.45, 2.75) is 25.8 Å². The minimum atomic E-state index is -0.764. The average Bonchev–Trinajstić information content (AvgIpc) is 2.65. The van der Waals surface area contributed by atoms with Crippen molar-refractivity contribution in [1.29, 1.82) is 0 Å². The van der Waals surface area contributed by atoms with Crippen molar-refractivity contribution in [3.63, 3.8) is 0 Å². The van der Waals surface area contributed by atoms with Gasteiger partial charge in [0.1, 0.15) is 5.92 Å². The summed E-state index contributed by atoms with van der Waals surface area (Å²) in [5, 5.41) is 0. The van der Waals surface area contributed by atoms with E-state index in [1.807, 2.05) is 60.7 Å². The van der Waals surface area contributed by atoms with Crippen LogP contribution in [0.1, 0.15) is 30.4 Å². The molecule has 0 unspecified atom stereocenters. The lowest BCUT2D eigenvalue weighted by Crippen LogP contribution is -2.47. The zero-order chi connectivity index (χ0) is 17.6. The second-order valence-electron chi connectivity index (χ2n) is 6.28. The van der Waals surface area contributed by atoms with Gasteiger partial charge in [0.05, 0.1) is 6.61 Å². The predicted molar refractivity (Wildman–Crippen MR) is 95.8 cm³/mol. The summed E-state index contributed by atoms with van der Waals surface area (Å²) >= 11 is 0. The molecule has 1 saturated heterocycles. The van der Waals surface area contributed by atoms with E-state index in [1.165, 1.54) is 0 Å². The van der Waals surface area contributed by atoms with Gasteiger partial charge in [0, 0.05) is 19.0 Å². The number of ether oxygens (including phenoxy) is 1. The minimum absolute atomic E-state index is 0.125. The Morgan fingerprint density at radius 1 is 1.08 bits per heavy atom. The Bertz CT molecular complexity index is 714. The average molecular weight is 337 g/mol. The molecule has 3 rings (SSSR count). The third-order valence-corrected chi connectivity index (χ3v) is 4.67. The third kappa shape index (κ3) is 3.90. The lowest BCUT2D eigenvalue weighted by molar-refractivity contribution is -0.159. The first-order valence-corrected chi connectivity index (χ1v) is 8.75. The van der Waals surface area contributed by atoms with Crippen LogP contribution in [0, 0.1) is 5.92 Å². The van der Waals surface area contributed by atoms with E-state index in [1.54, 1.807) is 11.8 Å². The molecular weight excluding hydrogens is 314 g/mol.